The fourth-order valence-corrected chi connectivity index (χ4v) is 5.90. The summed E-state index contributed by atoms with van der Waals surface area (Å²) in [6, 6.07) is 3.36. The minimum atomic E-state index is -0.289. The second-order valence-electron chi connectivity index (χ2n) is 8.56. The van der Waals surface area contributed by atoms with Crippen LogP contribution in [-0.2, 0) is 14.3 Å². The average Bonchev–Trinajstić information content (AvgIpc) is 3.05. The van der Waals surface area contributed by atoms with Crippen LogP contribution in [0.5, 0.6) is 0 Å². The molecule has 25 heavy (non-hydrogen) atoms. The summed E-state index contributed by atoms with van der Waals surface area (Å²) in [5.74, 6) is 2.63. The first-order valence-corrected chi connectivity index (χ1v) is 9.50. The Morgan fingerprint density at radius 1 is 1.24 bits per heavy atom. The molecule has 0 aromatic carbocycles. The van der Waals surface area contributed by atoms with Crippen molar-refractivity contribution in [3.63, 3.8) is 0 Å². The van der Waals surface area contributed by atoms with E-state index in [1.165, 1.54) is 38.5 Å². The van der Waals surface area contributed by atoms with E-state index in [9.17, 15) is 9.59 Å². The van der Waals surface area contributed by atoms with Crippen LogP contribution in [0, 0.1) is 23.2 Å². The van der Waals surface area contributed by atoms with Crippen molar-refractivity contribution in [2.45, 2.75) is 57.9 Å². The molecule has 0 saturated heterocycles. The fraction of sp³-hybridized carbons (Fsp3) is 0.700. The monoisotopic (exact) mass is 345 g/mol. The number of hydrogen-bond acceptors (Lipinski definition) is 4. The first-order chi connectivity index (χ1) is 12.0. The third kappa shape index (κ3) is 3.60. The van der Waals surface area contributed by atoms with Crippen molar-refractivity contribution in [2.24, 2.45) is 23.2 Å². The summed E-state index contributed by atoms with van der Waals surface area (Å²) in [7, 11) is 0. The maximum absolute atomic E-state index is 12.3. The Balaban J connectivity index is 1.25. The van der Waals surface area contributed by atoms with Crippen molar-refractivity contribution in [1.82, 2.24) is 5.32 Å². The van der Waals surface area contributed by atoms with Crippen LogP contribution in [0.3, 0.4) is 0 Å². The first-order valence-electron chi connectivity index (χ1n) is 9.50. The molecule has 4 aliphatic carbocycles. The van der Waals surface area contributed by atoms with Gasteiger partial charge in [0.2, 0.25) is 0 Å². The number of nitrogens with one attached hydrogen (secondary N) is 1. The predicted molar refractivity (Wildman–Crippen MR) is 91.4 cm³/mol. The number of ether oxygens (including phenoxy) is 1. The molecule has 4 saturated carbocycles. The summed E-state index contributed by atoms with van der Waals surface area (Å²) < 4.78 is 10.5. The summed E-state index contributed by atoms with van der Waals surface area (Å²) in [4.78, 5) is 24.3. The molecule has 5 heteroatoms. The minimum Gasteiger partial charge on any atom is -0.467 e. The Morgan fingerprint density at radius 2 is 1.88 bits per heavy atom. The number of hydrogen-bond donors (Lipinski definition) is 1. The zero-order chi connectivity index (χ0) is 17.4. The Bertz CT molecular complexity index is 601. The number of esters is 1. The van der Waals surface area contributed by atoms with Crippen LogP contribution in [0.1, 0.15) is 63.7 Å². The summed E-state index contributed by atoms with van der Waals surface area (Å²) in [5.41, 5.74) is 0.157. The third-order valence-corrected chi connectivity index (χ3v) is 6.40. The largest absolute Gasteiger partial charge is 0.467 e. The molecule has 1 N–H and O–H groups in total. The van der Waals surface area contributed by atoms with Gasteiger partial charge in [0, 0.05) is 0 Å². The maximum Gasteiger partial charge on any atom is 0.306 e. The Morgan fingerprint density at radius 3 is 2.44 bits per heavy atom. The van der Waals surface area contributed by atoms with Crippen LogP contribution >= 0.6 is 0 Å². The van der Waals surface area contributed by atoms with E-state index in [0.717, 1.165) is 17.8 Å². The second kappa shape index (κ2) is 6.50. The summed E-state index contributed by atoms with van der Waals surface area (Å²) in [6.45, 7) is 1.63. The SMILES string of the molecule is C[C@H](NC(=O)COC(=O)CC12CC3CC(CC(C3)C1)C2)c1ccco1. The van der Waals surface area contributed by atoms with Gasteiger partial charge in [0.1, 0.15) is 5.76 Å². The number of rotatable bonds is 6. The van der Waals surface area contributed by atoms with Gasteiger partial charge in [0.05, 0.1) is 18.7 Å². The van der Waals surface area contributed by atoms with Gasteiger partial charge in [0.25, 0.3) is 5.91 Å². The van der Waals surface area contributed by atoms with Gasteiger partial charge in [-0.25, -0.2) is 0 Å². The Kier molecular flexibility index (Phi) is 4.34. The van der Waals surface area contributed by atoms with Crippen molar-refractivity contribution in [3.8, 4) is 0 Å². The van der Waals surface area contributed by atoms with Gasteiger partial charge >= 0.3 is 5.97 Å². The van der Waals surface area contributed by atoms with Crippen molar-refractivity contribution < 1.29 is 18.7 Å². The number of carbonyl (C=O) groups excluding carboxylic acids is 2. The van der Waals surface area contributed by atoms with Crippen LogP contribution in [-0.4, -0.2) is 18.5 Å². The molecule has 5 nitrogen and oxygen atoms in total. The highest BCUT2D eigenvalue weighted by Crippen LogP contribution is 2.61. The molecule has 0 unspecified atom stereocenters. The molecule has 1 atom stereocenters. The summed E-state index contributed by atoms with van der Waals surface area (Å²) >= 11 is 0. The molecule has 1 aromatic rings. The number of amides is 1. The topological polar surface area (TPSA) is 68.5 Å². The lowest BCUT2D eigenvalue weighted by molar-refractivity contribution is -0.155. The van der Waals surface area contributed by atoms with E-state index in [1.807, 2.05) is 13.0 Å². The zero-order valence-electron chi connectivity index (χ0n) is 14.8. The third-order valence-electron chi connectivity index (χ3n) is 6.40. The molecule has 1 heterocycles. The van der Waals surface area contributed by atoms with Gasteiger partial charge in [-0.3, -0.25) is 9.59 Å². The van der Waals surface area contributed by atoms with Gasteiger partial charge in [-0.1, -0.05) is 0 Å². The van der Waals surface area contributed by atoms with E-state index in [1.54, 1.807) is 12.3 Å². The van der Waals surface area contributed by atoms with E-state index < -0.39 is 0 Å². The average molecular weight is 345 g/mol. The van der Waals surface area contributed by atoms with Crippen LogP contribution in [0.15, 0.2) is 22.8 Å². The molecule has 1 aromatic heterocycles. The van der Waals surface area contributed by atoms with Crippen molar-refractivity contribution in [3.05, 3.63) is 24.2 Å². The lowest BCUT2D eigenvalue weighted by Crippen LogP contribution is -2.47. The normalized spacial score (nSPS) is 33.9. The highest BCUT2D eigenvalue weighted by Gasteiger charge is 2.51. The van der Waals surface area contributed by atoms with Crippen molar-refractivity contribution >= 4 is 11.9 Å². The molecular formula is C20H27NO4. The molecule has 4 fully saturated rings. The molecule has 136 valence electrons. The van der Waals surface area contributed by atoms with Gasteiger partial charge in [-0.2, -0.15) is 0 Å². The summed E-state index contributed by atoms with van der Waals surface area (Å²) in [6.07, 6.45) is 9.67. The van der Waals surface area contributed by atoms with Gasteiger partial charge in [-0.15, -0.1) is 0 Å². The predicted octanol–water partition coefficient (Wildman–Crippen LogP) is 3.61. The molecule has 1 amide bonds. The molecule has 0 aliphatic heterocycles. The van der Waals surface area contributed by atoms with E-state index in [4.69, 9.17) is 9.15 Å². The lowest BCUT2D eigenvalue weighted by atomic mass is 9.49. The molecule has 5 rings (SSSR count). The lowest BCUT2D eigenvalue weighted by Gasteiger charge is -2.56. The van der Waals surface area contributed by atoms with Crippen LogP contribution in [0.2, 0.25) is 0 Å². The van der Waals surface area contributed by atoms with Crippen molar-refractivity contribution in [1.29, 1.82) is 0 Å². The van der Waals surface area contributed by atoms with Gasteiger partial charge < -0.3 is 14.5 Å². The molecule has 4 bridgehead atoms. The highest BCUT2D eigenvalue weighted by molar-refractivity contribution is 5.81. The number of furan rings is 1. The fourth-order valence-electron chi connectivity index (χ4n) is 5.90. The Hall–Kier alpha value is -1.78. The van der Waals surface area contributed by atoms with Crippen LogP contribution in [0.4, 0.5) is 0 Å². The van der Waals surface area contributed by atoms with Crippen LogP contribution in [0.25, 0.3) is 0 Å². The van der Waals surface area contributed by atoms with E-state index >= 15 is 0 Å². The maximum atomic E-state index is 12.3. The van der Waals surface area contributed by atoms with Crippen molar-refractivity contribution in [2.75, 3.05) is 6.61 Å². The van der Waals surface area contributed by atoms with E-state index in [0.29, 0.717) is 12.2 Å². The highest BCUT2D eigenvalue weighted by atomic mass is 16.5. The van der Waals surface area contributed by atoms with Crippen LogP contribution < -0.4 is 5.32 Å². The smallest absolute Gasteiger partial charge is 0.306 e. The minimum absolute atomic E-state index is 0.157. The first kappa shape index (κ1) is 16.7. The zero-order valence-corrected chi connectivity index (χ0v) is 14.8. The second-order valence-corrected chi connectivity index (χ2v) is 8.56. The van der Waals surface area contributed by atoms with E-state index in [2.05, 4.69) is 5.32 Å². The summed E-state index contributed by atoms with van der Waals surface area (Å²) in [5, 5.41) is 2.79. The molecule has 4 aliphatic rings. The molecule has 0 radical (unpaired) electrons. The standard InChI is InChI=1S/C20H27NO4/c1-13(17-3-2-4-24-17)21-18(22)12-25-19(23)11-20-8-14-5-15(9-20)7-16(6-14)10-20/h2-4,13-16H,5-12H2,1H3,(H,21,22)/t13-,14?,15?,16?,20?/m0/s1. The van der Waals surface area contributed by atoms with E-state index in [-0.39, 0.29) is 29.9 Å². The van der Waals surface area contributed by atoms with Gasteiger partial charge in [-0.05, 0) is 80.8 Å². The molecule has 0 spiro atoms. The molecular weight excluding hydrogens is 318 g/mol. The Labute approximate surface area is 148 Å². The quantitative estimate of drug-likeness (QED) is 0.800. The van der Waals surface area contributed by atoms with Gasteiger partial charge in [0.15, 0.2) is 6.61 Å². The number of carbonyl (C=O) groups is 2.